The number of alkyl halides is 1. The first-order valence-corrected chi connectivity index (χ1v) is 7.20. The largest absolute Gasteiger partial charge is 0.339 e. The highest BCUT2D eigenvalue weighted by molar-refractivity contribution is 9.09. The first kappa shape index (κ1) is 11.4. The number of carbonyl (C=O) groups is 1. The molecule has 0 aromatic carbocycles. The van der Waals surface area contributed by atoms with E-state index in [1.165, 1.54) is 25.7 Å². The third-order valence-electron chi connectivity index (χ3n) is 3.80. The van der Waals surface area contributed by atoms with Gasteiger partial charge in [0.05, 0.1) is 0 Å². The van der Waals surface area contributed by atoms with Crippen molar-refractivity contribution in [3.63, 3.8) is 0 Å². The molecule has 1 saturated heterocycles. The second kappa shape index (κ2) is 4.86. The second-order valence-corrected chi connectivity index (χ2v) is 5.77. The number of hydrogen-bond donors (Lipinski definition) is 0. The van der Waals surface area contributed by atoms with Crippen LogP contribution < -0.4 is 0 Å². The van der Waals surface area contributed by atoms with Gasteiger partial charge in [-0.05, 0) is 24.7 Å². The van der Waals surface area contributed by atoms with Crippen LogP contribution in [0.4, 0.5) is 0 Å². The zero-order chi connectivity index (χ0) is 10.8. The van der Waals surface area contributed by atoms with Gasteiger partial charge in [-0.15, -0.1) is 0 Å². The van der Waals surface area contributed by atoms with E-state index in [4.69, 9.17) is 0 Å². The van der Waals surface area contributed by atoms with Crippen molar-refractivity contribution in [2.24, 2.45) is 11.8 Å². The average molecular weight is 274 g/mol. The molecule has 0 radical (unpaired) electrons. The van der Waals surface area contributed by atoms with E-state index in [9.17, 15) is 4.79 Å². The molecule has 1 aliphatic carbocycles. The summed E-state index contributed by atoms with van der Waals surface area (Å²) >= 11 is 3.49. The number of likely N-dealkylation sites (tertiary alicyclic amines) is 1. The normalized spacial score (nSPS) is 32.9. The quantitative estimate of drug-likeness (QED) is 0.725. The molecule has 1 heterocycles. The summed E-state index contributed by atoms with van der Waals surface area (Å²) in [5.41, 5.74) is 0. The molecular weight excluding hydrogens is 254 g/mol. The fraction of sp³-hybridized carbons (Fsp3) is 0.917. The maximum atomic E-state index is 11.9. The molecule has 2 aliphatic rings. The number of fused-ring (bicyclic) bond motifs is 1. The number of nitrogens with zero attached hydrogens (tertiary/aromatic N) is 1. The number of rotatable bonds is 3. The van der Waals surface area contributed by atoms with Crippen LogP contribution in [-0.2, 0) is 4.79 Å². The fourth-order valence-corrected chi connectivity index (χ4v) is 3.19. The minimum absolute atomic E-state index is 0.403. The number of carbonyl (C=O) groups excluding carboxylic acids is 1. The van der Waals surface area contributed by atoms with Crippen LogP contribution in [0.2, 0.25) is 0 Å². The Balaban J connectivity index is 2.00. The lowest BCUT2D eigenvalue weighted by atomic mass is 9.85. The molecule has 1 aliphatic heterocycles. The molecule has 3 heteroatoms. The summed E-state index contributed by atoms with van der Waals surface area (Å²) in [5.74, 6) is 1.66. The topological polar surface area (TPSA) is 20.3 Å². The van der Waals surface area contributed by atoms with E-state index in [0.29, 0.717) is 23.8 Å². The molecule has 0 bridgehead atoms. The van der Waals surface area contributed by atoms with Gasteiger partial charge in [-0.3, -0.25) is 4.79 Å². The van der Waals surface area contributed by atoms with E-state index < -0.39 is 0 Å². The maximum Gasteiger partial charge on any atom is 0.223 e. The van der Waals surface area contributed by atoms with E-state index in [1.807, 2.05) is 0 Å². The Morgan fingerprint density at radius 2 is 2.20 bits per heavy atom. The van der Waals surface area contributed by atoms with Gasteiger partial charge in [-0.1, -0.05) is 35.7 Å². The summed E-state index contributed by atoms with van der Waals surface area (Å²) in [4.78, 5) is 14.1. The van der Waals surface area contributed by atoms with Gasteiger partial charge in [0.15, 0.2) is 0 Å². The first-order chi connectivity index (χ1) is 7.22. The Labute approximate surface area is 101 Å². The van der Waals surface area contributed by atoms with Crippen molar-refractivity contribution >= 4 is 21.8 Å². The molecule has 15 heavy (non-hydrogen) atoms. The average Bonchev–Trinajstić information content (AvgIpc) is 2.55. The van der Waals surface area contributed by atoms with Gasteiger partial charge < -0.3 is 4.90 Å². The van der Waals surface area contributed by atoms with Gasteiger partial charge >= 0.3 is 0 Å². The van der Waals surface area contributed by atoms with Crippen molar-refractivity contribution in [3.05, 3.63) is 0 Å². The smallest absolute Gasteiger partial charge is 0.223 e. The van der Waals surface area contributed by atoms with Crippen molar-refractivity contribution in [1.29, 1.82) is 0 Å². The van der Waals surface area contributed by atoms with Crippen molar-refractivity contribution in [2.75, 3.05) is 11.9 Å². The van der Waals surface area contributed by atoms with Crippen LogP contribution in [0.25, 0.3) is 0 Å². The summed E-state index contributed by atoms with van der Waals surface area (Å²) in [5, 5.41) is 0.994. The van der Waals surface area contributed by atoms with Gasteiger partial charge in [0.25, 0.3) is 0 Å². The Hall–Kier alpha value is -0.0500. The van der Waals surface area contributed by atoms with Crippen LogP contribution in [-0.4, -0.2) is 28.7 Å². The third-order valence-corrected chi connectivity index (χ3v) is 4.90. The lowest BCUT2D eigenvalue weighted by Crippen LogP contribution is -2.39. The number of halogens is 1. The van der Waals surface area contributed by atoms with E-state index in [2.05, 4.69) is 27.8 Å². The highest BCUT2D eigenvalue weighted by Gasteiger charge is 2.40. The molecule has 0 spiro atoms. The van der Waals surface area contributed by atoms with Crippen molar-refractivity contribution in [1.82, 2.24) is 4.90 Å². The van der Waals surface area contributed by atoms with Crippen LogP contribution >= 0.6 is 15.9 Å². The zero-order valence-corrected chi connectivity index (χ0v) is 11.0. The summed E-state index contributed by atoms with van der Waals surface area (Å²) < 4.78 is 0. The SMILES string of the molecule is CC(CBr)CN1C(=O)CC2CCCCC21. The predicted molar refractivity (Wildman–Crippen MR) is 65.0 cm³/mol. The van der Waals surface area contributed by atoms with Crippen molar-refractivity contribution in [2.45, 2.75) is 45.1 Å². The van der Waals surface area contributed by atoms with Crippen LogP contribution in [0.3, 0.4) is 0 Å². The zero-order valence-electron chi connectivity index (χ0n) is 9.42. The lowest BCUT2D eigenvalue weighted by molar-refractivity contribution is -0.129. The third kappa shape index (κ3) is 2.38. The van der Waals surface area contributed by atoms with Crippen LogP contribution in [0.5, 0.6) is 0 Å². The van der Waals surface area contributed by atoms with E-state index in [-0.39, 0.29) is 0 Å². The molecule has 0 aromatic rings. The van der Waals surface area contributed by atoms with E-state index >= 15 is 0 Å². The van der Waals surface area contributed by atoms with E-state index in [1.54, 1.807) is 0 Å². The molecule has 1 amide bonds. The monoisotopic (exact) mass is 273 g/mol. The van der Waals surface area contributed by atoms with E-state index in [0.717, 1.165) is 18.3 Å². The van der Waals surface area contributed by atoms with Gasteiger partial charge in [-0.25, -0.2) is 0 Å². The molecule has 1 saturated carbocycles. The number of amides is 1. The summed E-state index contributed by atoms with van der Waals surface area (Å²) in [6, 6.07) is 0.577. The molecule has 2 fully saturated rings. The van der Waals surface area contributed by atoms with Crippen LogP contribution in [0, 0.1) is 11.8 Å². The maximum absolute atomic E-state index is 11.9. The van der Waals surface area contributed by atoms with Crippen molar-refractivity contribution in [3.8, 4) is 0 Å². The molecule has 2 rings (SSSR count). The Morgan fingerprint density at radius 1 is 1.47 bits per heavy atom. The Kier molecular flexibility index (Phi) is 3.70. The van der Waals surface area contributed by atoms with Gasteiger partial charge in [-0.2, -0.15) is 0 Å². The highest BCUT2D eigenvalue weighted by Crippen LogP contribution is 2.37. The van der Waals surface area contributed by atoms with Crippen molar-refractivity contribution < 1.29 is 4.79 Å². The predicted octanol–water partition coefficient (Wildman–Crippen LogP) is 2.81. The minimum Gasteiger partial charge on any atom is -0.339 e. The van der Waals surface area contributed by atoms with Crippen LogP contribution in [0.1, 0.15) is 39.0 Å². The number of hydrogen-bond acceptors (Lipinski definition) is 1. The minimum atomic E-state index is 0.403. The summed E-state index contributed by atoms with van der Waals surface area (Å²) in [7, 11) is 0. The fourth-order valence-electron chi connectivity index (χ4n) is 2.98. The molecule has 0 N–H and O–H groups in total. The van der Waals surface area contributed by atoms with Crippen LogP contribution in [0.15, 0.2) is 0 Å². The highest BCUT2D eigenvalue weighted by atomic mass is 79.9. The Bertz CT molecular complexity index is 244. The summed E-state index contributed by atoms with van der Waals surface area (Å²) in [6.45, 7) is 3.16. The second-order valence-electron chi connectivity index (χ2n) is 5.12. The molecule has 86 valence electrons. The van der Waals surface area contributed by atoms with Gasteiger partial charge in [0.1, 0.15) is 0 Å². The van der Waals surface area contributed by atoms with Gasteiger partial charge in [0.2, 0.25) is 5.91 Å². The molecule has 3 unspecified atom stereocenters. The lowest BCUT2D eigenvalue weighted by Gasteiger charge is -2.32. The molecule has 2 nitrogen and oxygen atoms in total. The first-order valence-electron chi connectivity index (χ1n) is 6.07. The standard InChI is InChI=1S/C12H20BrNO/c1-9(7-13)8-14-11-5-3-2-4-10(11)6-12(14)15/h9-11H,2-8H2,1H3. The Morgan fingerprint density at radius 3 is 2.93 bits per heavy atom. The van der Waals surface area contributed by atoms with Gasteiger partial charge in [0, 0.05) is 24.3 Å². The summed E-state index contributed by atoms with van der Waals surface area (Å²) in [6.07, 6.45) is 5.98. The molecule has 3 atom stereocenters. The molecular formula is C12H20BrNO. The molecule has 0 aromatic heterocycles.